The molecule has 1 aromatic rings. The molecule has 2 saturated heterocycles. The molecule has 7 nitrogen and oxygen atoms in total. The number of hydrogen-bond acceptors (Lipinski definition) is 4. The van der Waals surface area contributed by atoms with Gasteiger partial charge in [0.05, 0.1) is 19.8 Å². The summed E-state index contributed by atoms with van der Waals surface area (Å²) >= 11 is 0. The highest BCUT2D eigenvalue weighted by atomic mass is 16.5. The predicted octanol–water partition coefficient (Wildman–Crippen LogP) is 2.47. The summed E-state index contributed by atoms with van der Waals surface area (Å²) in [5, 5.41) is 0. The Morgan fingerprint density at radius 1 is 0.966 bits per heavy atom. The van der Waals surface area contributed by atoms with Crippen LogP contribution in [0.4, 0.5) is 4.79 Å². The van der Waals surface area contributed by atoms with E-state index in [9.17, 15) is 9.59 Å². The van der Waals surface area contributed by atoms with Crippen LogP contribution in [0.25, 0.3) is 0 Å². The lowest BCUT2D eigenvalue weighted by molar-refractivity contribution is 0.0376. The van der Waals surface area contributed by atoms with Crippen molar-refractivity contribution in [2.75, 3.05) is 59.0 Å². The highest BCUT2D eigenvalue weighted by Gasteiger charge is 2.28. The first-order valence-electron chi connectivity index (χ1n) is 11.1. The minimum absolute atomic E-state index is 0.111. The van der Waals surface area contributed by atoms with E-state index in [2.05, 4.69) is 29.4 Å². The molecule has 0 spiro atoms. The lowest BCUT2D eigenvalue weighted by Gasteiger charge is -2.38. The average molecular weight is 403 g/mol. The number of Topliss-reactive ketones (excluding diaryl/α,β-unsaturated/α-hetero) is 1. The number of rotatable bonds is 4. The molecule has 29 heavy (non-hydrogen) atoms. The van der Waals surface area contributed by atoms with Crippen molar-refractivity contribution in [3.8, 4) is 0 Å². The predicted molar refractivity (Wildman–Crippen MR) is 112 cm³/mol. The van der Waals surface area contributed by atoms with Crippen molar-refractivity contribution in [2.24, 2.45) is 0 Å². The van der Waals surface area contributed by atoms with Crippen molar-refractivity contribution >= 4 is 11.8 Å². The highest BCUT2D eigenvalue weighted by molar-refractivity contribution is 5.99. The molecule has 1 aromatic heterocycles. The van der Waals surface area contributed by atoms with E-state index in [1.54, 1.807) is 0 Å². The second kappa shape index (κ2) is 8.88. The van der Waals surface area contributed by atoms with Crippen LogP contribution in [0.3, 0.4) is 0 Å². The lowest BCUT2D eigenvalue weighted by atomic mass is 10.1. The van der Waals surface area contributed by atoms with Gasteiger partial charge in [-0.2, -0.15) is 0 Å². The molecule has 3 heterocycles. The number of carbonyl (C=O) groups excluding carboxylic acids is 2. The molecule has 4 rings (SSSR count). The van der Waals surface area contributed by atoms with E-state index >= 15 is 0 Å². The summed E-state index contributed by atoms with van der Waals surface area (Å²) in [6.45, 7) is 10.1. The normalized spacial score (nSPS) is 21.7. The third-order valence-corrected chi connectivity index (χ3v) is 6.77. The fraction of sp³-hybridized carbons (Fsp3) is 0.727. The quantitative estimate of drug-likeness (QED) is 0.726. The lowest BCUT2D eigenvalue weighted by Crippen LogP contribution is -2.55. The van der Waals surface area contributed by atoms with Crippen LogP contribution in [0.15, 0.2) is 6.07 Å². The van der Waals surface area contributed by atoms with Gasteiger partial charge in [0.15, 0.2) is 5.78 Å². The largest absolute Gasteiger partial charge is 0.378 e. The van der Waals surface area contributed by atoms with Gasteiger partial charge in [-0.1, -0.05) is 12.8 Å². The number of ketones is 1. The molecule has 0 radical (unpaired) electrons. The van der Waals surface area contributed by atoms with Crippen molar-refractivity contribution in [3.63, 3.8) is 0 Å². The zero-order chi connectivity index (χ0) is 20.4. The number of aryl methyl sites for hydroxylation is 1. The third-order valence-electron chi connectivity index (χ3n) is 6.77. The molecule has 2 aliphatic heterocycles. The first kappa shape index (κ1) is 20.4. The maximum atomic E-state index is 13.0. The van der Waals surface area contributed by atoms with Gasteiger partial charge >= 0.3 is 6.03 Å². The van der Waals surface area contributed by atoms with E-state index in [0.29, 0.717) is 52.0 Å². The second-order valence-corrected chi connectivity index (χ2v) is 8.66. The Labute approximate surface area is 173 Å². The number of ether oxygens (including phenoxy) is 1. The van der Waals surface area contributed by atoms with E-state index in [1.165, 1.54) is 31.4 Å². The molecule has 0 aromatic carbocycles. The van der Waals surface area contributed by atoms with Gasteiger partial charge < -0.3 is 19.1 Å². The molecule has 0 bridgehead atoms. The Balaban J connectivity index is 1.32. The van der Waals surface area contributed by atoms with Crippen molar-refractivity contribution in [3.05, 3.63) is 23.0 Å². The van der Waals surface area contributed by atoms with E-state index in [0.717, 1.165) is 24.3 Å². The smallest absolute Gasteiger partial charge is 0.320 e. The monoisotopic (exact) mass is 402 g/mol. The van der Waals surface area contributed by atoms with Crippen LogP contribution in [-0.2, 0) is 4.74 Å². The molecule has 1 saturated carbocycles. The van der Waals surface area contributed by atoms with E-state index in [4.69, 9.17) is 4.74 Å². The van der Waals surface area contributed by atoms with Gasteiger partial charge in [-0.15, -0.1) is 0 Å². The molecular formula is C22H34N4O3. The van der Waals surface area contributed by atoms with Gasteiger partial charge in [-0.25, -0.2) is 4.79 Å². The Hall–Kier alpha value is -1.86. The van der Waals surface area contributed by atoms with Crippen LogP contribution in [0.5, 0.6) is 0 Å². The first-order valence-corrected chi connectivity index (χ1v) is 11.1. The fourth-order valence-electron chi connectivity index (χ4n) is 5.12. The van der Waals surface area contributed by atoms with Crippen molar-refractivity contribution in [1.29, 1.82) is 0 Å². The number of urea groups is 1. The van der Waals surface area contributed by atoms with Crippen LogP contribution in [0, 0.1) is 13.8 Å². The molecular weight excluding hydrogens is 368 g/mol. The molecule has 160 valence electrons. The van der Waals surface area contributed by atoms with Gasteiger partial charge in [0.1, 0.15) is 0 Å². The molecule has 0 atom stereocenters. The van der Waals surface area contributed by atoms with Gasteiger partial charge in [-0.05, 0) is 32.8 Å². The molecule has 2 amide bonds. The number of nitrogens with zero attached hydrogens (tertiary/aromatic N) is 4. The minimum Gasteiger partial charge on any atom is -0.378 e. The summed E-state index contributed by atoms with van der Waals surface area (Å²) in [4.78, 5) is 31.6. The van der Waals surface area contributed by atoms with Crippen LogP contribution >= 0.6 is 0 Å². The average Bonchev–Trinajstić information content (AvgIpc) is 3.36. The van der Waals surface area contributed by atoms with E-state index in [1.807, 2.05) is 9.80 Å². The SMILES string of the molecule is Cc1cc(C(=O)CN2CCN(C(=O)N3CCOCC3)CC2)c(C)n1C1CCCC1. The maximum absolute atomic E-state index is 13.0. The van der Waals surface area contributed by atoms with Gasteiger partial charge in [0.25, 0.3) is 0 Å². The number of piperazine rings is 1. The molecule has 3 aliphatic rings. The number of carbonyl (C=O) groups is 2. The molecule has 3 fully saturated rings. The zero-order valence-corrected chi connectivity index (χ0v) is 17.9. The topological polar surface area (TPSA) is 58.0 Å². The maximum Gasteiger partial charge on any atom is 0.320 e. The molecule has 0 N–H and O–H groups in total. The second-order valence-electron chi connectivity index (χ2n) is 8.66. The molecule has 1 aliphatic carbocycles. The fourth-order valence-corrected chi connectivity index (χ4v) is 5.12. The summed E-state index contributed by atoms with van der Waals surface area (Å²) < 4.78 is 7.72. The first-order chi connectivity index (χ1) is 14.0. The van der Waals surface area contributed by atoms with Crippen LogP contribution < -0.4 is 0 Å². The number of aromatic nitrogens is 1. The van der Waals surface area contributed by atoms with Crippen LogP contribution in [0.2, 0.25) is 0 Å². The summed E-state index contributed by atoms with van der Waals surface area (Å²) in [5.41, 5.74) is 3.21. The van der Waals surface area contributed by atoms with Gasteiger partial charge in [-0.3, -0.25) is 9.69 Å². The number of morpholine rings is 1. The van der Waals surface area contributed by atoms with Crippen LogP contribution in [-0.4, -0.2) is 90.1 Å². The Bertz CT molecular complexity index is 739. The zero-order valence-electron chi connectivity index (χ0n) is 17.9. The van der Waals surface area contributed by atoms with Crippen molar-refractivity contribution in [1.82, 2.24) is 19.3 Å². The van der Waals surface area contributed by atoms with Crippen LogP contribution in [0.1, 0.15) is 53.5 Å². The van der Waals surface area contributed by atoms with Crippen molar-refractivity contribution in [2.45, 2.75) is 45.6 Å². The summed E-state index contributed by atoms with van der Waals surface area (Å²) in [6, 6.07) is 2.75. The molecule has 7 heteroatoms. The van der Waals surface area contributed by atoms with Gasteiger partial charge in [0.2, 0.25) is 0 Å². The summed E-state index contributed by atoms with van der Waals surface area (Å²) in [7, 11) is 0. The van der Waals surface area contributed by atoms with Gasteiger partial charge in [0, 0.05) is 62.3 Å². The highest BCUT2D eigenvalue weighted by Crippen LogP contribution is 2.33. The minimum atomic E-state index is 0.111. The van der Waals surface area contributed by atoms with Crippen molar-refractivity contribution < 1.29 is 14.3 Å². The number of amides is 2. The standard InChI is InChI=1S/C22H34N4O3/c1-17-15-20(18(2)26(17)19-5-3-4-6-19)21(27)16-23-7-9-24(10-8-23)22(28)25-11-13-29-14-12-25/h15,19H,3-14,16H2,1-2H3. The number of hydrogen-bond donors (Lipinski definition) is 0. The van der Waals surface area contributed by atoms with E-state index < -0.39 is 0 Å². The Kier molecular flexibility index (Phi) is 6.25. The van der Waals surface area contributed by atoms with E-state index in [-0.39, 0.29) is 11.8 Å². The Morgan fingerprint density at radius 3 is 2.24 bits per heavy atom. The molecule has 0 unspecified atom stereocenters. The Morgan fingerprint density at radius 2 is 1.59 bits per heavy atom. The summed E-state index contributed by atoms with van der Waals surface area (Å²) in [6.07, 6.45) is 5.03. The third kappa shape index (κ3) is 4.36. The summed E-state index contributed by atoms with van der Waals surface area (Å²) in [5.74, 6) is 0.204.